The van der Waals surface area contributed by atoms with Crippen molar-refractivity contribution in [2.24, 2.45) is 0 Å². The van der Waals surface area contributed by atoms with E-state index in [0.29, 0.717) is 22.3 Å². The molecule has 0 aliphatic carbocycles. The summed E-state index contributed by atoms with van der Waals surface area (Å²) in [5, 5.41) is 14.7. The van der Waals surface area contributed by atoms with Crippen LogP contribution in [0.1, 0.15) is 39.7 Å². The maximum atomic E-state index is 12.7. The molecule has 0 radical (unpaired) electrons. The Morgan fingerprint density at radius 2 is 1.61 bits per heavy atom. The van der Waals surface area contributed by atoms with Crippen molar-refractivity contribution in [3.8, 4) is 0 Å². The summed E-state index contributed by atoms with van der Waals surface area (Å²) < 4.78 is 11.5. The normalized spacial score (nSPS) is 12.4. The first kappa shape index (κ1) is 20.9. The second-order valence-corrected chi connectivity index (χ2v) is 7.94. The van der Waals surface area contributed by atoms with Crippen molar-refractivity contribution in [2.75, 3.05) is 6.54 Å². The molecule has 31 heavy (non-hydrogen) atoms. The summed E-state index contributed by atoms with van der Waals surface area (Å²) in [6.07, 6.45) is -0.936. The van der Waals surface area contributed by atoms with Crippen molar-refractivity contribution in [3.63, 3.8) is 0 Å². The van der Waals surface area contributed by atoms with Gasteiger partial charge in [-0.15, -0.1) is 0 Å². The van der Waals surface area contributed by atoms with Crippen LogP contribution in [0.25, 0.3) is 21.9 Å². The molecule has 2 heterocycles. The molecule has 6 heteroatoms. The van der Waals surface area contributed by atoms with Crippen LogP contribution in [-0.2, 0) is 11.2 Å². The second-order valence-electron chi connectivity index (χ2n) is 7.94. The van der Waals surface area contributed by atoms with E-state index < -0.39 is 11.7 Å². The number of amides is 1. The maximum absolute atomic E-state index is 12.7. The van der Waals surface area contributed by atoms with E-state index in [1.54, 1.807) is 12.1 Å². The molecule has 160 valence electrons. The van der Waals surface area contributed by atoms with Crippen LogP contribution in [0.2, 0.25) is 0 Å². The van der Waals surface area contributed by atoms with Crippen LogP contribution in [0.5, 0.6) is 0 Å². The Bertz CT molecular complexity index is 1350. The quantitative estimate of drug-likeness (QED) is 0.474. The van der Waals surface area contributed by atoms with Gasteiger partial charge in [0.15, 0.2) is 0 Å². The summed E-state index contributed by atoms with van der Waals surface area (Å²) >= 11 is 0. The van der Waals surface area contributed by atoms with Crippen LogP contribution in [0, 0.1) is 27.7 Å². The van der Waals surface area contributed by atoms with Gasteiger partial charge < -0.3 is 19.3 Å². The van der Waals surface area contributed by atoms with Crippen molar-refractivity contribution in [1.29, 1.82) is 0 Å². The number of furan rings is 1. The molecule has 0 bridgehead atoms. The van der Waals surface area contributed by atoms with E-state index >= 15 is 0 Å². The fraction of sp³-hybridized carbons (Fsp3) is 0.280. The molecule has 0 spiro atoms. The summed E-state index contributed by atoms with van der Waals surface area (Å²) in [4.78, 5) is 25.2. The van der Waals surface area contributed by atoms with Crippen LogP contribution in [0.15, 0.2) is 50.0 Å². The number of aliphatic hydroxyl groups excluding tert-OH is 1. The molecule has 0 aliphatic rings. The van der Waals surface area contributed by atoms with Gasteiger partial charge in [0, 0.05) is 22.9 Å². The van der Waals surface area contributed by atoms with Crippen LogP contribution in [0.3, 0.4) is 0 Å². The van der Waals surface area contributed by atoms with E-state index in [1.807, 2.05) is 52.0 Å². The molecule has 2 aromatic carbocycles. The predicted molar refractivity (Wildman–Crippen MR) is 119 cm³/mol. The lowest BCUT2D eigenvalue weighted by Crippen LogP contribution is -2.31. The third-order valence-corrected chi connectivity index (χ3v) is 5.96. The number of carbonyl (C=O) groups is 1. The maximum Gasteiger partial charge on any atom is 0.340 e. The summed E-state index contributed by atoms with van der Waals surface area (Å²) in [7, 11) is 0. The van der Waals surface area contributed by atoms with Crippen LogP contribution in [0.4, 0.5) is 0 Å². The van der Waals surface area contributed by atoms with Gasteiger partial charge in [-0.05, 0) is 50.5 Å². The minimum Gasteiger partial charge on any atom is -0.461 e. The first-order valence-corrected chi connectivity index (χ1v) is 10.2. The fourth-order valence-electron chi connectivity index (χ4n) is 3.92. The van der Waals surface area contributed by atoms with E-state index in [2.05, 4.69) is 5.32 Å². The van der Waals surface area contributed by atoms with Gasteiger partial charge in [-0.1, -0.05) is 30.3 Å². The van der Waals surface area contributed by atoms with Crippen LogP contribution < -0.4 is 10.9 Å². The standard InChI is InChI=1S/C25H25NO5/c1-13-16(4)30-23-15(3)24-19(10-18(13)23)14(2)20(25(29)31-24)11-22(28)26-12-21(27)17-8-6-5-7-9-17/h5-10,21,27H,11-12H2,1-4H3,(H,26,28). The number of nitrogens with one attached hydrogen (secondary N) is 1. The van der Waals surface area contributed by atoms with E-state index in [9.17, 15) is 14.7 Å². The van der Waals surface area contributed by atoms with Crippen LogP contribution >= 0.6 is 0 Å². The highest BCUT2D eigenvalue weighted by Crippen LogP contribution is 2.34. The fourth-order valence-corrected chi connectivity index (χ4v) is 3.92. The Morgan fingerprint density at radius 3 is 2.32 bits per heavy atom. The number of aryl methyl sites for hydroxylation is 4. The minimum atomic E-state index is -0.817. The Morgan fingerprint density at radius 1 is 0.968 bits per heavy atom. The first-order valence-electron chi connectivity index (χ1n) is 10.2. The van der Waals surface area contributed by atoms with Gasteiger partial charge in [0.1, 0.15) is 16.9 Å². The average Bonchev–Trinajstić information content (AvgIpc) is 3.05. The SMILES string of the molecule is Cc1oc2c(C)c3oc(=O)c(CC(=O)NCC(O)c4ccccc4)c(C)c3cc2c1C. The lowest BCUT2D eigenvalue weighted by molar-refractivity contribution is -0.120. The van der Waals surface area contributed by atoms with Gasteiger partial charge in [0.25, 0.3) is 0 Å². The van der Waals surface area contributed by atoms with Crippen molar-refractivity contribution in [1.82, 2.24) is 5.32 Å². The van der Waals surface area contributed by atoms with Gasteiger partial charge in [-0.3, -0.25) is 4.79 Å². The average molecular weight is 419 g/mol. The van der Waals surface area contributed by atoms with E-state index in [1.165, 1.54) is 0 Å². The highest BCUT2D eigenvalue weighted by Gasteiger charge is 2.20. The number of hydrogen-bond donors (Lipinski definition) is 2. The largest absolute Gasteiger partial charge is 0.461 e. The van der Waals surface area contributed by atoms with Crippen molar-refractivity contribution < 1.29 is 18.7 Å². The highest BCUT2D eigenvalue weighted by molar-refractivity contribution is 6.00. The molecule has 0 saturated carbocycles. The van der Waals surface area contributed by atoms with Crippen molar-refractivity contribution in [2.45, 2.75) is 40.2 Å². The number of fused-ring (bicyclic) bond motifs is 2. The molecule has 1 unspecified atom stereocenters. The zero-order chi connectivity index (χ0) is 22.3. The monoisotopic (exact) mass is 419 g/mol. The molecule has 4 rings (SSSR count). The lowest BCUT2D eigenvalue weighted by Gasteiger charge is -2.13. The van der Waals surface area contributed by atoms with Gasteiger partial charge >= 0.3 is 5.63 Å². The van der Waals surface area contributed by atoms with E-state index in [-0.39, 0.29) is 18.9 Å². The Balaban J connectivity index is 1.63. The van der Waals surface area contributed by atoms with Crippen LogP contribution in [-0.4, -0.2) is 17.6 Å². The van der Waals surface area contributed by atoms with Gasteiger partial charge in [0.2, 0.25) is 5.91 Å². The second kappa shape index (κ2) is 8.04. The molecule has 0 saturated heterocycles. The zero-order valence-corrected chi connectivity index (χ0v) is 18.0. The first-order chi connectivity index (χ1) is 14.8. The predicted octanol–water partition coefficient (Wildman–Crippen LogP) is 4.17. The molecule has 4 aromatic rings. The lowest BCUT2D eigenvalue weighted by atomic mass is 9.98. The zero-order valence-electron chi connectivity index (χ0n) is 18.0. The smallest absolute Gasteiger partial charge is 0.340 e. The van der Waals surface area contributed by atoms with Gasteiger partial charge in [-0.25, -0.2) is 4.79 Å². The summed E-state index contributed by atoms with van der Waals surface area (Å²) in [5.41, 5.74) is 4.22. The molecule has 0 fully saturated rings. The summed E-state index contributed by atoms with van der Waals surface area (Å²) in [5.74, 6) is 0.475. The topological polar surface area (TPSA) is 92.7 Å². The van der Waals surface area contributed by atoms with Crippen molar-refractivity contribution in [3.05, 3.63) is 80.4 Å². The molecule has 1 atom stereocenters. The van der Waals surface area contributed by atoms with Gasteiger partial charge in [0.05, 0.1) is 18.1 Å². The molecular weight excluding hydrogens is 394 g/mol. The summed E-state index contributed by atoms with van der Waals surface area (Å²) in [6, 6.07) is 11.1. The highest BCUT2D eigenvalue weighted by atomic mass is 16.4. The Kier molecular flexibility index (Phi) is 5.41. The Labute approximate surface area is 179 Å². The molecule has 0 aliphatic heterocycles. The molecular formula is C25H25NO5. The minimum absolute atomic E-state index is 0.0635. The number of rotatable bonds is 5. The molecule has 1 amide bonds. The summed E-state index contributed by atoms with van der Waals surface area (Å²) in [6.45, 7) is 7.66. The third-order valence-electron chi connectivity index (χ3n) is 5.96. The molecule has 6 nitrogen and oxygen atoms in total. The van der Waals surface area contributed by atoms with Crippen molar-refractivity contribution >= 4 is 27.8 Å². The van der Waals surface area contributed by atoms with Gasteiger partial charge in [-0.2, -0.15) is 0 Å². The third kappa shape index (κ3) is 3.75. The number of aliphatic hydroxyl groups is 1. The number of benzene rings is 2. The number of hydrogen-bond acceptors (Lipinski definition) is 5. The Hall–Kier alpha value is -3.38. The molecule has 2 aromatic heterocycles. The molecule has 2 N–H and O–H groups in total. The van der Waals surface area contributed by atoms with E-state index in [4.69, 9.17) is 8.83 Å². The number of carbonyl (C=O) groups excluding carboxylic acids is 1. The van der Waals surface area contributed by atoms with E-state index in [0.717, 1.165) is 33.2 Å².